The summed E-state index contributed by atoms with van der Waals surface area (Å²) in [6, 6.07) is 7.39. The maximum Gasteiger partial charge on any atom is 0.308 e. The van der Waals surface area contributed by atoms with Gasteiger partial charge in [-0.25, -0.2) is 4.98 Å². The Labute approximate surface area is 176 Å². The lowest BCUT2D eigenvalue weighted by Crippen LogP contribution is -2.54. The van der Waals surface area contributed by atoms with Crippen molar-refractivity contribution in [3.8, 4) is 0 Å². The number of fused-ring (bicyclic) bond motifs is 1. The van der Waals surface area contributed by atoms with Gasteiger partial charge in [0.25, 0.3) is 0 Å². The molecule has 2 aromatic rings. The molecule has 29 heavy (non-hydrogen) atoms. The largest absolute Gasteiger partial charge is 0.481 e. The van der Waals surface area contributed by atoms with E-state index in [0.717, 1.165) is 64.2 Å². The van der Waals surface area contributed by atoms with E-state index >= 15 is 0 Å². The van der Waals surface area contributed by atoms with Crippen molar-refractivity contribution >= 4 is 34.8 Å². The topological polar surface area (TPSA) is 80.4 Å². The molecule has 4 rings (SSSR count). The van der Waals surface area contributed by atoms with Gasteiger partial charge in [0.05, 0.1) is 5.92 Å². The van der Waals surface area contributed by atoms with Gasteiger partial charge < -0.3 is 9.52 Å². The number of nitrogens with zero attached hydrogens (tertiary/aromatic N) is 1. The Morgan fingerprint density at radius 2 is 1.66 bits per heavy atom. The third-order valence-corrected chi connectivity index (χ3v) is 7.50. The fraction of sp³-hybridized carbons (Fsp3) is 0.609. The van der Waals surface area contributed by atoms with E-state index in [1.807, 2.05) is 24.3 Å². The fourth-order valence-electron chi connectivity index (χ4n) is 5.80. The van der Waals surface area contributed by atoms with Crippen molar-refractivity contribution in [3.63, 3.8) is 0 Å². The van der Waals surface area contributed by atoms with E-state index in [1.54, 1.807) is 0 Å². The third-order valence-electron chi connectivity index (χ3n) is 7.13. The van der Waals surface area contributed by atoms with Crippen LogP contribution in [0.1, 0.15) is 70.1 Å². The minimum atomic E-state index is -1.32. The summed E-state index contributed by atoms with van der Waals surface area (Å²) < 4.78 is 6.13. The molecular weight excluding hydrogens is 386 g/mol. The summed E-state index contributed by atoms with van der Waals surface area (Å²) in [5.41, 5.74) is -0.0776. The summed E-state index contributed by atoms with van der Waals surface area (Å²) in [4.78, 5) is 30.7. The Morgan fingerprint density at radius 3 is 2.24 bits per heavy atom. The Morgan fingerprint density at radius 1 is 1.03 bits per heavy atom. The van der Waals surface area contributed by atoms with Crippen LogP contribution in [0.5, 0.6) is 0 Å². The molecule has 5 nitrogen and oxygen atoms in total. The number of hydrogen-bond acceptors (Lipinski definition) is 4. The first-order valence-electron chi connectivity index (χ1n) is 10.9. The van der Waals surface area contributed by atoms with E-state index in [0.29, 0.717) is 11.1 Å². The van der Waals surface area contributed by atoms with Crippen LogP contribution in [0.3, 0.4) is 0 Å². The number of para-hydroxylation sites is 2. The van der Waals surface area contributed by atoms with Crippen molar-refractivity contribution in [2.24, 2.45) is 17.8 Å². The van der Waals surface area contributed by atoms with Crippen LogP contribution in [-0.4, -0.2) is 21.2 Å². The van der Waals surface area contributed by atoms with Gasteiger partial charge in [-0.3, -0.25) is 9.59 Å². The van der Waals surface area contributed by atoms with E-state index in [9.17, 15) is 14.7 Å². The van der Waals surface area contributed by atoms with Crippen molar-refractivity contribution in [3.05, 3.63) is 30.2 Å². The summed E-state index contributed by atoms with van der Waals surface area (Å²) >= 11 is 4.33. The summed E-state index contributed by atoms with van der Waals surface area (Å²) in [5.74, 6) is -1.70. The molecule has 0 aliphatic heterocycles. The van der Waals surface area contributed by atoms with E-state index in [2.05, 4.69) is 17.6 Å². The van der Waals surface area contributed by atoms with Gasteiger partial charge in [-0.15, -0.1) is 12.6 Å². The summed E-state index contributed by atoms with van der Waals surface area (Å²) in [7, 11) is 0. The lowest BCUT2D eigenvalue weighted by atomic mass is 9.57. The molecule has 2 aliphatic carbocycles. The zero-order valence-corrected chi connectivity index (χ0v) is 17.6. The van der Waals surface area contributed by atoms with Crippen LogP contribution < -0.4 is 0 Å². The molecule has 1 heterocycles. The average Bonchev–Trinajstić information content (AvgIpc) is 3.17. The van der Waals surface area contributed by atoms with Gasteiger partial charge in [-0.05, 0) is 49.7 Å². The second kappa shape index (κ2) is 8.50. The van der Waals surface area contributed by atoms with Crippen molar-refractivity contribution in [2.75, 3.05) is 0 Å². The highest BCUT2D eigenvalue weighted by Crippen LogP contribution is 2.52. The van der Waals surface area contributed by atoms with Crippen molar-refractivity contribution in [2.45, 2.75) is 69.6 Å². The van der Waals surface area contributed by atoms with Gasteiger partial charge >= 0.3 is 5.97 Å². The van der Waals surface area contributed by atoms with Gasteiger partial charge in [0.2, 0.25) is 11.0 Å². The van der Waals surface area contributed by atoms with E-state index in [1.165, 1.54) is 0 Å². The number of carbonyl (C=O) groups excluding carboxylic acids is 1. The SMILES string of the molecule is O=C(O)C(C1CCCCC1)C(C(=O)S)(c1nc2ccccc2o1)C1CCCCC1. The number of oxazole rings is 1. The molecule has 2 aliphatic rings. The standard InChI is InChI=1S/C23H29NO4S/c25-20(26)19(15-9-3-1-4-10-15)23(22(27)29,16-11-5-2-6-12-16)21-24-17-13-7-8-14-18(17)28-21/h7-8,13-16,19H,1-6,9-12H2,(H,25,26)(H,27,29). The van der Waals surface area contributed by atoms with E-state index < -0.39 is 22.4 Å². The number of aliphatic carboxylic acids is 1. The molecule has 0 spiro atoms. The Bertz CT molecular complexity index is 849. The summed E-state index contributed by atoms with van der Waals surface area (Å²) in [6.45, 7) is 0. The Balaban J connectivity index is 1.92. The van der Waals surface area contributed by atoms with Crippen LogP contribution >= 0.6 is 12.6 Å². The number of aromatic nitrogens is 1. The predicted octanol–water partition coefficient (Wildman–Crippen LogP) is 5.38. The van der Waals surface area contributed by atoms with Crippen LogP contribution in [0.2, 0.25) is 0 Å². The predicted molar refractivity (Wildman–Crippen MR) is 114 cm³/mol. The van der Waals surface area contributed by atoms with Gasteiger partial charge in [-0.2, -0.15) is 0 Å². The van der Waals surface area contributed by atoms with Crippen molar-refractivity contribution < 1.29 is 19.1 Å². The first-order chi connectivity index (χ1) is 14.0. The van der Waals surface area contributed by atoms with Crippen LogP contribution in [-0.2, 0) is 15.0 Å². The number of carbonyl (C=O) groups is 2. The summed E-state index contributed by atoms with van der Waals surface area (Å²) in [5, 5.41) is 10.0. The molecule has 0 saturated heterocycles. The molecule has 0 radical (unpaired) electrons. The second-order valence-corrected chi connectivity index (χ2v) is 9.12. The second-order valence-electron chi connectivity index (χ2n) is 8.71. The smallest absolute Gasteiger partial charge is 0.308 e. The molecule has 156 valence electrons. The maximum atomic E-state index is 13.3. The van der Waals surface area contributed by atoms with Crippen LogP contribution in [0.25, 0.3) is 11.1 Å². The van der Waals surface area contributed by atoms with Gasteiger partial charge in [0.15, 0.2) is 5.58 Å². The molecule has 2 saturated carbocycles. The molecule has 2 fully saturated rings. The maximum absolute atomic E-state index is 13.3. The van der Waals surface area contributed by atoms with Gasteiger partial charge in [0, 0.05) is 0 Å². The quantitative estimate of drug-likeness (QED) is 0.619. The lowest BCUT2D eigenvalue weighted by molar-refractivity contribution is -0.153. The third kappa shape index (κ3) is 3.60. The molecule has 6 heteroatoms. The first kappa shape index (κ1) is 20.5. The van der Waals surface area contributed by atoms with Crippen LogP contribution in [0.15, 0.2) is 28.7 Å². The highest BCUT2D eigenvalue weighted by atomic mass is 32.1. The normalized spacial score (nSPS) is 22.2. The number of rotatable bonds is 6. The number of benzene rings is 1. The van der Waals surface area contributed by atoms with Crippen molar-refractivity contribution in [1.82, 2.24) is 4.98 Å². The molecular formula is C23H29NO4S. The molecule has 1 aromatic carbocycles. The minimum absolute atomic E-state index is 0.0608. The fourth-order valence-corrected chi connectivity index (χ4v) is 6.22. The monoisotopic (exact) mass is 415 g/mol. The molecule has 0 amide bonds. The van der Waals surface area contributed by atoms with Crippen molar-refractivity contribution in [1.29, 1.82) is 0 Å². The van der Waals surface area contributed by atoms with E-state index in [4.69, 9.17) is 4.42 Å². The zero-order chi connectivity index (χ0) is 20.4. The molecule has 2 atom stereocenters. The average molecular weight is 416 g/mol. The Hall–Kier alpha value is -1.82. The number of hydrogen-bond donors (Lipinski definition) is 2. The van der Waals surface area contributed by atoms with Crippen LogP contribution in [0, 0.1) is 17.8 Å². The summed E-state index contributed by atoms with van der Waals surface area (Å²) in [6.07, 6.45) is 9.49. The molecule has 1 N–H and O–H groups in total. The van der Waals surface area contributed by atoms with E-state index in [-0.39, 0.29) is 17.7 Å². The highest BCUT2D eigenvalue weighted by Gasteiger charge is 2.60. The number of thiol groups is 1. The zero-order valence-electron chi connectivity index (χ0n) is 16.7. The van der Waals surface area contributed by atoms with Gasteiger partial charge in [-0.1, -0.05) is 50.7 Å². The van der Waals surface area contributed by atoms with Crippen LogP contribution in [0.4, 0.5) is 0 Å². The number of carboxylic acid groups (broad SMARTS) is 1. The first-order valence-corrected chi connectivity index (χ1v) is 11.3. The minimum Gasteiger partial charge on any atom is -0.481 e. The molecule has 2 unspecified atom stereocenters. The molecule has 0 bridgehead atoms. The molecule has 1 aromatic heterocycles. The highest BCUT2D eigenvalue weighted by molar-refractivity contribution is 7.96. The number of carboxylic acids is 1. The van der Waals surface area contributed by atoms with Gasteiger partial charge in [0.1, 0.15) is 10.9 Å². The Kier molecular flexibility index (Phi) is 6.00. The lowest BCUT2D eigenvalue weighted by Gasteiger charge is -2.45.